The van der Waals surface area contributed by atoms with Crippen LogP contribution in [0.4, 0.5) is 39.5 Å². The molecule has 3 aliphatic rings. The molecule has 724 valence electrons. The van der Waals surface area contributed by atoms with E-state index in [0.717, 1.165) is 28.7 Å². The molecular formula is C110H102B4BrCl3F9N6NaO8. The van der Waals surface area contributed by atoms with E-state index in [1.807, 2.05) is 177 Å². The fourth-order valence-electron chi connectivity index (χ4n) is 13.5. The van der Waals surface area contributed by atoms with Crippen LogP contribution in [0.15, 0.2) is 344 Å². The molecule has 32 heteroatoms. The summed E-state index contributed by atoms with van der Waals surface area (Å²) < 4.78 is 149. The van der Waals surface area contributed by atoms with Crippen LogP contribution in [0.1, 0.15) is 97.0 Å². The van der Waals surface area contributed by atoms with Gasteiger partial charge in [-0.3, -0.25) is 4.39 Å². The van der Waals surface area contributed by atoms with E-state index < -0.39 is 97.3 Å². The van der Waals surface area contributed by atoms with Crippen LogP contribution in [0.3, 0.4) is 0 Å². The monoisotopic (exact) mass is 2060 g/mol. The van der Waals surface area contributed by atoms with E-state index >= 15 is 4.39 Å². The van der Waals surface area contributed by atoms with Crippen molar-refractivity contribution in [1.29, 1.82) is 0 Å². The Kier molecular flexibility index (Phi) is 41.5. The predicted molar refractivity (Wildman–Crippen MR) is 554 cm³/mol. The van der Waals surface area contributed by atoms with Crippen LogP contribution in [-0.4, -0.2) is 120 Å². The molecule has 0 unspecified atom stereocenters. The molecule has 16 aromatic rings. The van der Waals surface area contributed by atoms with Gasteiger partial charge in [-0.15, -0.1) is 0 Å². The maximum Gasteiger partial charge on any atom is 1.00 e. The summed E-state index contributed by atoms with van der Waals surface area (Å²) in [5.41, 5.74) is 7.77. The second kappa shape index (κ2) is 52.3. The third kappa shape index (κ3) is 30.7. The Morgan fingerprint density at radius 1 is 0.352 bits per heavy atom. The molecule has 0 spiro atoms. The van der Waals surface area contributed by atoms with Gasteiger partial charge >= 0.3 is 50.8 Å². The summed E-state index contributed by atoms with van der Waals surface area (Å²) >= 11 is 20.3. The van der Waals surface area contributed by atoms with Crippen LogP contribution in [0.5, 0.6) is 0 Å². The number of halogens is 13. The number of alkyl halides is 1. The zero-order chi connectivity index (χ0) is 103. The Bertz CT molecular complexity index is 6640. The summed E-state index contributed by atoms with van der Waals surface area (Å²) in [6.45, 7) is 21.8. The molecule has 142 heavy (non-hydrogen) atoms. The molecule has 2 radical (unpaired) electrons. The molecule has 1 aliphatic carbocycles. The SMILES string of the molecule is CC(C)(O)C(C)(C)O.CC1(C)OB(c2c(F)cccc2-c2ccccc2F)OC1(C)C.Clc1nc(-c2ccccc2)nc(-c2ccccc2)n1.Fc1cccc(Br)c1Cl.Fc1ccccc1-c1cccc(F)c1-c1nc(-c2ccccc2)nc(-c2ccccc2)n1.Fc1ccccc1-c1cccc(F)c1Cl.OB(O)c1ccccc1F.[2H]CF.[B]B1OC(C)(C)C(C)(C)O1.[H-].[Na+].c1ccc2c(c1)Cc1ccccc1-2. The van der Waals surface area contributed by atoms with Gasteiger partial charge in [0.05, 0.1) is 57.7 Å². The first-order valence-corrected chi connectivity index (χ1v) is 46.1. The van der Waals surface area contributed by atoms with Gasteiger partial charge in [0, 0.05) is 59.9 Å². The third-order valence-electron chi connectivity index (χ3n) is 23.2. The molecule has 4 heterocycles. The topological polar surface area (TPSA) is 195 Å². The van der Waals surface area contributed by atoms with Crippen LogP contribution < -0.4 is 40.5 Å². The summed E-state index contributed by atoms with van der Waals surface area (Å²) in [6, 6.07) is 97.9. The van der Waals surface area contributed by atoms with Crippen LogP contribution in [-0.2, 0) is 25.0 Å². The maximum atomic E-state index is 15.2. The minimum atomic E-state index is -1.72. The summed E-state index contributed by atoms with van der Waals surface area (Å²) in [4.78, 5) is 26.6. The second-order valence-electron chi connectivity index (χ2n) is 34.7. The number of nitrogens with zero attached hydrogens (tertiary/aromatic N) is 6. The first kappa shape index (κ1) is 113. The number of rotatable bonds is 11. The number of benzene rings is 14. The maximum absolute atomic E-state index is 15.2. The van der Waals surface area contributed by atoms with Crippen LogP contribution >= 0.6 is 50.7 Å². The minimum absolute atomic E-state index is 0. The molecule has 2 aliphatic heterocycles. The van der Waals surface area contributed by atoms with Crippen molar-refractivity contribution >= 4 is 90.6 Å². The van der Waals surface area contributed by atoms with E-state index in [-0.39, 0.29) is 85.4 Å². The number of aliphatic hydroxyl groups is 2. The van der Waals surface area contributed by atoms with Gasteiger partial charge in [0.1, 0.15) is 54.3 Å². The van der Waals surface area contributed by atoms with Crippen LogP contribution in [0.25, 0.3) is 101 Å². The van der Waals surface area contributed by atoms with Gasteiger partial charge in [-0.05, 0) is 205 Å². The fraction of sp³-hybridized carbons (Fsp3) is 0.182. The van der Waals surface area contributed by atoms with Crippen LogP contribution in [0.2, 0.25) is 15.3 Å². The molecule has 0 amide bonds. The van der Waals surface area contributed by atoms with Gasteiger partial charge in [-0.1, -0.05) is 308 Å². The first-order valence-electron chi connectivity index (χ1n) is 44.8. The molecule has 2 aromatic heterocycles. The Labute approximate surface area is 873 Å². The molecule has 0 saturated carbocycles. The van der Waals surface area contributed by atoms with E-state index in [1.165, 1.54) is 95.1 Å². The molecule has 19 rings (SSSR count). The van der Waals surface area contributed by atoms with Crippen molar-refractivity contribution in [2.24, 2.45) is 0 Å². The zero-order valence-corrected chi connectivity index (χ0v) is 85.9. The number of fused-ring (bicyclic) bond motifs is 3. The van der Waals surface area contributed by atoms with Gasteiger partial charge in [0.2, 0.25) is 5.28 Å². The van der Waals surface area contributed by atoms with Crippen LogP contribution in [0, 0.1) is 46.5 Å². The van der Waals surface area contributed by atoms with Gasteiger partial charge < -0.3 is 40.3 Å². The molecule has 14 aromatic carbocycles. The summed E-state index contributed by atoms with van der Waals surface area (Å²) in [5, 5.41) is 35.5. The van der Waals surface area contributed by atoms with Crippen molar-refractivity contribution < 1.29 is 111 Å². The number of hydrogen-bond donors (Lipinski definition) is 4. The van der Waals surface area contributed by atoms with E-state index in [2.05, 4.69) is 94.4 Å². The molecule has 0 bridgehead atoms. The summed E-state index contributed by atoms with van der Waals surface area (Å²) in [5.74, 6) is -1.66. The Hall–Kier alpha value is -11.2. The molecule has 4 N–H and O–H groups in total. The van der Waals surface area contributed by atoms with Gasteiger partial charge in [0.25, 0.3) is 0 Å². The van der Waals surface area contributed by atoms with Crippen molar-refractivity contribution in [3.8, 4) is 101 Å². The van der Waals surface area contributed by atoms with Crippen molar-refractivity contribution in [3.63, 3.8) is 0 Å². The smallest absolute Gasteiger partial charge is 1.00 e. The summed E-state index contributed by atoms with van der Waals surface area (Å²) in [7, 11) is 1.28. The van der Waals surface area contributed by atoms with E-state index in [0.29, 0.717) is 55.6 Å². The van der Waals surface area contributed by atoms with E-state index in [4.69, 9.17) is 82.8 Å². The average molecular weight is 2060 g/mol. The van der Waals surface area contributed by atoms with Gasteiger partial charge in [0.15, 0.2) is 29.1 Å². The molecular weight excluding hydrogens is 1960 g/mol. The second-order valence-corrected chi connectivity index (χ2v) is 36.6. The van der Waals surface area contributed by atoms with Gasteiger partial charge in [-0.2, -0.15) is 9.97 Å². The van der Waals surface area contributed by atoms with Crippen molar-refractivity contribution in [2.75, 3.05) is 7.15 Å². The first-order chi connectivity index (χ1) is 67.4. The fourth-order valence-corrected chi connectivity index (χ4v) is 14.4. The van der Waals surface area contributed by atoms with E-state index in [1.54, 1.807) is 125 Å². The quantitative estimate of drug-likeness (QED) is 0.0542. The Morgan fingerprint density at radius 3 is 0.986 bits per heavy atom. The zero-order valence-electron chi connectivity index (χ0n) is 82.1. The number of hydrogen-bond acceptors (Lipinski definition) is 14. The van der Waals surface area contributed by atoms with Crippen molar-refractivity contribution in [2.45, 2.75) is 123 Å². The molecule has 2 saturated heterocycles. The number of aromatic nitrogens is 6. The third-order valence-corrected chi connectivity index (χ3v) is 25.0. The predicted octanol–water partition coefficient (Wildman–Crippen LogP) is 23.9. The molecule has 14 nitrogen and oxygen atoms in total. The molecule has 2 fully saturated rings. The molecule has 0 atom stereocenters. The Morgan fingerprint density at radius 2 is 0.634 bits per heavy atom. The standard InChI is InChI=1S/C27H17F2N3.C18H19BF2O2.C15H10ClN3.C13H10.C12H7ClF2.C6H12B2O2.C6H6BFO2.C6H3BrClF.C6H14O2.CH3F.Na.H/c28-22-16-8-7-14-20(22)21-15-9-17-23(29)24(21)27-31-25(18-10-3-1-4-11-18)30-26(32-27)19-12-5-2-6-13-19;1-17(2)18(3,4)23-19(22-17)16-13(9-7-11-15(16)21)12-8-5-6-10-14(12)20;16-15-18-13(11-7-3-1-4-8-11)17-14(19-15)12-9-5-2-6-10-12;1-3-7-12-10(5-1)9-11-6-2-4-8-13(11)12;13-12-9(5-3-7-11(12)15)8-4-1-2-6-10(8)14;1-5(2)6(3,4)10-8(7)9-5;8-6-4-2-1-3-5(6)7(9)10;7-4-2-1-3-5(9)6(4)8;1-5(2,7)6(3,4)8;1-2;;/h1-17H;5-11H,1-4H3;1-10H;1-8H,9H2;1-7H;1-4H3;1-4,9-10H;1-3H;7-8H,1-4H3;1H3;;/q;;;;;;;;;;+1;-1/i;;;;;;;;;1D;;. The van der Waals surface area contributed by atoms with Crippen molar-refractivity contribution in [1.82, 2.24) is 29.9 Å². The van der Waals surface area contributed by atoms with Crippen molar-refractivity contribution in [3.05, 3.63) is 417 Å². The van der Waals surface area contributed by atoms with Gasteiger partial charge in [-0.25, -0.2) is 55.1 Å². The normalized spacial score (nSPS) is 13.4. The minimum Gasteiger partial charge on any atom is -1.00 e. The average Bonchev–Trinajstić information content (AvgIpc) is 1.58. The largest absolute Gasteiger partial charge is 1.00 e. The summed E-state index contributed by atoms with van der Waals surface area (Å²) in [6.07, 6.45) is 1.10. The van der Waals surface area contributed by atoms with E-state index in [9.17, 15) is 35.1 Å². The Balaban J connectivity index is 0.000000204.